The molecule has 188 valence electrons. The highest BCUT2D eigenvalue weighted by Gasteiger charge is 2.35. The van der Waals surface area contributed by atoms with Crippen LogP contribution < -0.4 is 21.3 Å². The first kappa shape index (κ1) is 27.3. The van der Waals surface area contributed by atoms with Gasteiger partial charge in [-0.15, -0.1) is 0 Å². The second kappa shape index (κ2) is 13.0. The lowest BCUT2D eigenvalue weighted by atomic mass is 9.96. The van der Waals surface area contributed by atoms with Gasteiger partial charge in [-0.25, -0.2) is 4.79 Å². The third-order valence-corrected chi connectivity index (χ3v) is 6.13. The van der Waals surface area contributed by atoms with Crippen LogP contribution in [0.25, 0.3) is 0 Å². The van der Waals surface area contributed by atoms with E-state index in [1.165, 1.54) is 6.92 Å². The van der Waals surface area contributed by atoms with E-state index in [9.17, 15) is 29.4 Å². The van der Waals surface area contributed by atoms with Gasteiger partial charge in [-0.05, 0) is 37.8 Å². The van der Waals surface area contributed by atoms with Crippen molar-refractivity contribution in [1.29, 1.82) is 0 Å². The molecule has 3 amide bonds. The van der Waals surface area contributed by atoms with E-state index in [4.69, 9.17) is 0 Å². The summed E-state index contributed by atoms with van der Waals surface area (Å²) < 4.78 is 0. The molecule has 0 radical (unpaired) electrons. The Hall–Kier alpha value is -2.98. The molecule has 0 bridgehead atoms. The lowest BCUT2D eigenvalue weighted by Crippen LogP contribution is -2.61. The van der Waals surface area contributed by atoms with Gasteiger partial charge in [0, 0.05) is 6.42 Å². The average Bonchev–Trinajstić information content (AvgIpc) is 3.35. The Bertz CT molecular complexity index is 841. The molecule has 0 spiro atoms. The molecule has 0 aromatic heterocycles. The minimum Gasteiger partial charge on any atom is -0.480 e. The summed E-state index contributed by atoms with van der Waals surface area (Å²) in [5, 5.41) is 30.5. The minimum atomic E-state index is -1.26. The van der Waals surface area contributed by atoms with E-state index in [-0.39, 0.29) is 12.3 Å². The number of rotatable bonds is 12. The smallest absolute Gasteiger partial charge is 0.326 e. The van der Waals surface area contributed by atoms with Crippen molar-refractivity contribution < 1.29 is 29.4 Å². The fraction of sp³-hybridized carbons (Fsp3) is 0.583. The number of carbonyl (C=O) groups excluding carboxylic acids is 3. The highest BCUT2D eigenvalue weighted by molar-refractivity contribution is 5.94. The van der Waals surface area contributed by atoms with Gasteiger partial charge in [0.05, 0.1) is 12.1 Å². The molecular weight excluding hydrogens is 440 g/mol. The number of carbonyl (C=O) groups is 4. The summed E-state index contributed by atoms with van der Waals surface area (Å²) in [6.07, 6.45) is 0.899. The van der Waals surface area contributed by atoms with Crippen LogP contribution >= 0.6 is 0 Å². The Labute approximate surface area is 199 Å². The standard InChI is InChI=1S/C24H36N4O6/c1-4-14(2)19(22(31)26-18(24(33)34)13-16-9-6-5-7-10-16)27-23(32)20(15(3)29)28-21(30)17-11-8-12-25-17/h5-7,9-10,14-15,17-20,25,29H,4,8,11-13H2,1-3H3,(H,26,31)(H,27,32)(H,28,30)(H,33,34)/t14-,15+,17-,18-,19-,20-/m0/s1. The van der Waals surface area contributed by atoms with Crippen molar-refractivity contribution in [2.45, 2.75) is 76.7 Å². The van der Waals surface area contributed by atoms with Gasteiger partial charge < -0.3 is 31.5 Å². The van der Waals surface area contributed by atoms with Crippen LogP contribution in [0, 0.1) is 5.92 Å². The van der Waals surface area contributed by atoms with Gasteiger partial charge in [-0.1, -0.05) is 50.6 Å². The molecule has 0 saturated carbocycles. The molecule has 1 aromatic rings. The van der Waals surface area contributed by atoms with Crippen molar-refractivity contribution in [1.82, 2.24) is 21.3 Å². The fourth-order valence-electron chi connectivity index (χ4n) is 3.82. The molecule has 1 aliphatic heterocycles. The molecule has 1 fully saturated rings. The van der Waals surface area contributed by atoms with Crippen molar-refractivity contribution in [2.75, 3.05) is 6.54 Å². The first-order valence-corrected chi connectivity index (χ1v) is 11.7. The Morgan fingerprint density at radius 2 is 1.68 bits per heavy atom. The Morgan fingerprint density at radius 1 is 1.03 bits per heavy atom. The van der Waals surface area contributed by atoms with Gasteiger partial charge >= 0.3 is 5.97 Å². The average molecular weight is 477 g/mol. The van der Waals surface area contributed by atoms with Gasteiger partial charge in [0.25, 0.3) is 0 Å². The minimum absolute atomic E-state index is 0.0871. The molecule has 1 aromatic carbocycles. The Kier molecular flexibility index (Phi) is 10.5. The van der Waals surface area contributed by atoms with Crippen LogP contribution in [0.2, 0.25) is 0 Å². The van der Waals surface area contributed by atoms with E-state index in [1.54, 1.807) is 31.2 Å². The summed E-state index contributed by atoms with van der Waals surface area (Å²) in [7, 11) is 0. The van der Waals surface area contributed by atoms with Crippen LogP contribution in [0.4, 0.5) is 0 Å². The summed E-state index contributed by atoms with van der Waals surface area (Å²) >= 11 is 0. The van der Waals surface area contributed by atoms with E-state index < -0.39 is 54.0 Å². The lowest BCUT2D eigenvalue weighted by molar-refractivity contribution is -0.142. The molecule has 2 rings (SSSR count). The van der Waals surface area contributed by atoms with Crippen LogP contribution in [-0.4, -0.2) is 70.7 Å². The van der Waals surface area contributed by atoms with Crippen molar-refractivity contribution in [3.8, 4) is 0 Å². The lowest BCUT2D eigenvalue weighted by Gasteiger charge is -2.29. The van der Waals surface area contributed by atoms with Crippen molar-refractivity contribution in [3.05, 3.63) is 35.9 Å². The summed E-state index contributed by atoms with van der Waals surface area (Å²) in [4.78, 5) is 50.3. The molecule has 10 nitrogen and oxygen atoms in total. The zero-order chi connectivity index (χ0) is 25.3. The monoisotopic (exact) mass is 476 g/mol. The van der Waals surface area contributed by atoms with Crippen LogP contribution in [0.1, 0.15) is 45.6 Å². The number of aliphatic hydroxyl groups is 1. The summed E-state index contributed by atoms with van der Waals surface area (Å²) in [5.41, 5.74) is 0.747. The van der Waals surface area contributed by atoms with E-state index in [1.807, 2.05) is 13.0 Å². The van der Waals surface area contributed by atoms with Crippen molar-refractivity contribution in [3.63, 3.8) is 0 Å². The molecule has 1 aliphatic rings. The van der Waals surface area contributed by atoms with Crippen molar-refractivity contribution in [2.24, 2.45) is 5.92 Å². The first-order valence-electron chi connectivity index (χ1n) is 11.7. The van der Waals surface area contributed by atoms with E-state index in [0.717, 1.165) is 12.0 Å². The van der Waals surface area contributed by atoms with Gasteiger partial charge in [-0.3, -0.25) is 14.4 Å². The maximum atomic E-state index is 13.1. The molecule has 1 heterocycles. The van der Waals surface area contributed by atoms with Gasteiger partial charge in [0.2, 0.25) is 17.7 Å². The number of carboxylic acids is 1. The number of amides is 3. The highest BCUT2D eigenvalue weighted by atomic mass is 16.4. The number of carboxylic acid groups (broad SMARTS) is 1. The summed E-state index contributed by atoms with van der Waals surface area (Å²) in [6, 6.07) is 5.00. The maximum absolute atomic E-state index is 13.1. The molecule has 34 heavy (non-hydrogen) atoms. The predicted octanol–water partition coefficient (Wildman–Crippen LogP) is -0.0530. The number of nitrogens with one attached hydrogen (secondary N) is 4. The third kappa shape index (κ3) is 7.81. The number of hydrogen-bond donors (Lipinski definition) is 6. The second-order valence-electron chi connectivity index (χ2n) is 8.84. The third-order valence-electron chi connectivity index (χ3n) is 6.13. The maximum Gasteiger partial charge on any atom is 0.326 e. The van der Waals surface area contributed by atoms with E-state index >= 15 is 0 Å². The van der Waals surface area contributed by atoms with Crippen LogP contribution in [0.5, 0.6) is 0 Å². The molecule has 10 heteroatoms. The topological polar surface area (TPSA) is 157 Å². The zero-order valence-electron chi connectivity index (χ0n) is 19.9. The molecular formula is C24H36N4O6. The number of aliphatic carboxylic acids is 1. The second-order valence-corrected chi connectivity index (χ2v) is 8.84. The molecule has 0 unspecified atom stereocenters. The van der Waals surface area contributed by atoms with Gasteiger partial charge in [-0.2, -0.15) is 0 Å². The quantitative estimate of drug-likeness (QED) is 0.247. The zero-order valence-corrected chi connectivity index (χ0v) is 19.9. The van der Waals surface area contributed by atoms with E-state index in [2.05, 4.69) is 21.3 Å². The fourth-order valence-corrected chi connectivity index (χ4v) is 3.82. The Balaban J connectivity index is 2.11. The summed E-state index contributed by atoms with van der Waals surface area (Å²) in [6.45, 7) is 5.68. The summed E-state index contributed by atoms with van der Waals surface area (Å²) in [5.74, 6) is -3.26. The molecule has 1 saturated heterocycles. The molecule has 0 aliphatic carbocycles. The van der Waals surface area contributed by atoms with Crippen LogP contribution in [-0.2, 0) is 25.6 Å². The SMILES string of the molecule is CC[C@H](C)[C@H](NC(=O)[C@@H](NC(=O)[C@@H]1CCCN1)[C@@H](C)O)C(=O)N[C@@H](Cc1ccccc1)C(=O)O. The number of aliphatic hydroxyl groups excluding tert-OH is 1. The number of benzene rings is 1. The van der Waals surface area contributed by atoms with Gasteiger partial charge in [0.15, 0.2) is 0 Å². The van der Waals surface area contributed by atoms with Gasteiger partial charge in [0.1, 0.15) is 18.1 Å². The number of hydrogen-bond acceptors (Lipinski definition) is 6. The van der Waals surface area contributed by atoms with Crippen LogP contribution in [0.15, 0.2) is 30.3 Å². The first-order chi connectivity index (χ1) is 16.1. The highest BCUT2D eigenvalue weighted by Crippen LogP contribution is 2.11. The predicted molar refractivity (Wildman–Crippen MR) is 126 cm³/mol. The Morgan fingerprint density at radius 3 is 2.21 bits per heavy atom. The normalized spacial score (nSPS) is 19.8. The van der Waals surface area contributed by atoms with Crippen molar-refractivity contribution >= 4 is 23.7 Å². The van der Waals surface area contributed by atoms with Crippen LogP contribution in [0.3, 0.4) is 0 Å². The molecule has 6 atom stereocenters. The molecule has 6 N–H and O–H groups in total. The largest absolute Gasteiger partial charge is 0.480 e. The van der Waals surface area contributed by atoms with E-state index in [0.29, 0.717) is 19.4 Å².